The summed E-state index contributed by atoms with van der Waals surface area (Å²) in [5.74, 6) is 0. The fourth-order valence-electron chi connectivity index (χ4n) is 3.46. The van der Waals surface area contributed by atoms with Crippen molar-refractivity contribution in [3.05, 3.63) is 82.5 Å². The van der Waals surface area contributed by atoms with Crippen LogP contribution in [-0.2, 0) is 0 Å². The standard InChI is InChI=1S/C27H38N4.C2H6/c1-9-13-24(29(5)6)19-26-18-22-15-12-17-25(30(7)8)20-27(22)31(26)23(10-2)16-11-14-21(3)28-4;1-2/h9-10,13-20,28H,2,11-12H2,1,3-8H3;1-2H3/b13-9-,21-14+,23-16?,24-19+;. The first-order valence-electron chi connectivity index (χ1n) is 11.8. The Balaban J connectivity index is 0.00000265. The second-order valence-corrected chi connectivity index (χ2v) is 8.02. The Hall–Kier alpha value is -3.14. The van der Waals surface area contributed by atoms with E-state index in [1.165, 1.54) is 16.3 Å². The van der Waals surface area contributed by atoms with Crippen LogP contribution in [0, 0.1) is 0 Å². The molecule has 2 rings (SSSR count). The topological polar surface area (TPSA) is 23.4 Å². The van der Waals surface area contributed by atoms with E-state index < -0.39 is 0 Å². The van der Waals surface area contributed by atoms with E-state index in [0.717, 1.165) is 35.6 Å². The van der Waals surface area contributed by atoms with E-state index in [1.54, 1.807) is 0 Å². The molecule has 0 aromatic carbocycles. The molecule has 0 amide bonds. The molecule has 1 aliphatic rings. The average Bonchev–Trinajstić information content (AvgIpc) is 2.98. The maximum atomic E-state index is 4.13. The maximum absolute atomic E-state index is 4.13. The van der Waals surface area contributed by atoms with Gasteiger partial charge in [0.1, 0.15) is 0 Å². The highest BCUT2D eigenvalue weighted by Crippen LogP contribution is 2.16. The van der Waals surface area contributed by atoms with Crippen LogP contribution in [0.4, 0.5) is 0 Å². The first-order chi connectivity index (χ1) is 15.8. The highest BCUT2D eigenvalue weighted by molar-refractivity contribution is 5.67. The summed E-state index contributed by atoms with van der Waals surface area (Å²) in [6.45, 7) is 12.3. The van der Waals surface area contributed by atoms with E-state index in [2.05, 4.69) is 116 Å². The van der Waals surface area contributed by atoms with E-state index >= 15 is 0 Å². The maximum Gasteiger partial charge on any atom is 0.0552 e. The van der Waals surface area contributed by atoms with Crippen LogP contribution in [-0.4, -0.2) is 49.6 Å². The van der Waals surface area contributed by atoms with Gasteiger partial charge in [0.05, 0.1) is 5.35 Å². The predicted molar refractivity (Wildman–Crippen MR) is 149 cm³/mol. The first-order valence-corrected chi connectivity index (χ1v) is 11.8. The number of nitrogens with one attached hydrogen (secondary N) is 1. The van der Waals surface area contributed by atoms with Crippen molar-refractivity contribution < 1.29 is 0 Å². The second-order valence-electron chi connectivity index (χ2n) is 8.02. The normalized spacial score (nSPS) is 14.2. The molecule has 0 atom stereocenters. The number of hydrogen-bond acceptors (Lipinski definition) is 3. The molecule has 1 N–H and O–H groups in total. The van der Waals surface area contributed by atoms with Gasteiger partial charge < -0.3 is 19.7 Å². The molecule has 0 radical (unpaired) electrons. The van der Waals surface area contributed by atoms with Crippen LogP contribution in [0.1, 0.15) is 46.2 Å². The highest BCUT2D eigenvalue weighted by atomic mass is 15.1. The van der Waals surface area contributed by atoms with Gasteiger partial charge in [-0.15, -0.1) is 0 Å². The van der Waals surface area contributed by atoms with Gasteiger partial charge in [0.2, 0.25) is 0 Å². The first kappa shape index (κ1) is 27.9. The molecular formula is C29H44N4. The zero-order chi connectivity index (χ0) is 25.0. The Morgan fingerprint density at radius 1 is 1.15 bits per heavy atom. The SMILES string of the molecule is C=CC(=CC/C=C(\C)NC)n1c(/C=C(\C=C/C)N(C)C)cc2c1=CC(N(C)C)=CCC=2.CC. The summed E-state index contributed by atoms with van der Waals surface area (Å²) in [6.07, 6.45) is 21.4. The molecule has 1 aromatic heterocycles. The van der Waals surface area contributed by atoms with Crippen LogP contribution in [0.25, 0.3) is 23.9 Å². The minimum absolute atomic E-state index is 0.833. The average molecular weight is 449 g/mol. The van der Waals surface area contributed by atoms with Gasteiger partial charge in [-0.2, -0.15) is 0 Å². The van der Waals surface area contributed by atoms with Gasteiger partial charge in [0, 0.05) is 63.7 Å². The number of allylic oxidation sites excluding steroid dienone is 9. The molecule has 1 heterocycles. The van der Waals surface area contributed by atoms with Crippen molar-refractivity contribution in [3.63, 3.8) is 0 Å². The number of rotatable bonds is 9. The van der Waals surface area contributed by atoms with Crippen molar-refractivity contribution in [2.75, 3.05) is 35.2 Å². The quantitative estimate of drug-likeness (QED) is 0.541. The zero-order valence-corrected chi connectivity index (χ0v) is 22.2. The van der Waals surface area contributed by atoms with Gasteiger partial charge in [-0.1, -0.05) is 50.8 Å². The molecule has 33 heavy (non-hydrogen) atoms. The summed E-state index contributed by atoms with van der Waals surface area (Å²) in [5, 5.41) is 5.61. The molecule has 1 aliphatic carbocycles. The van der Waals surface area contributed by atoms with Crippen molar-refractivity contribution in [1.82, 2.24) is 19.7 Å². The number of nitrogens with zero attached hydrogens (tertiary/aromatic N) is 3. The van der Waals surface area contributed by atoms with Crippen LogP contribution in [0.5, 0.6) is 0 Å². The molecule has 4 nitrogen and oxygen atoms in total. The summed E-state index contributed by atoms with van der Waals surface area (Å²) in [6, 6.07) is 2.28. The van der Waals surface area contributed by atoms with E-state index in [-0.39, 0.29) is 0 Å². The molecular weight excluding hydrogens is 404 g/mol. The van der Waals surface area contributed by atoms with Crippen molar-refractivity contribution in [3.8, 4) is 0 Å². The lowest BCUT2D eigenvalue weighted by atomic mass is 10.2. The lowest BCUT2D eigenvalue weighted by Crippen LogP contribution is -2.29. The smallest absolute Gasteiger partial charge is 0.0552 e. The lowest BCUT2D eigenvalue weighted by Gasteiger charge is -2.16. The van der Waals surface area contributed by atoms with Crippen molar-refractivity contribution >= 4 is 23.9 Å². The van der Waals surface area contributed by atoms with Crippen molar-refractivity contribution in [2.24, 2.45) is 0 Å². The molecule has 4 heteroatoms. The van der Waals surface area contributed by atoms with Crippen LogP contribution < -0.4 is 15.9 Å². The molecule has 0 spiro atoms. The van der Waals surface area contributed by atoms with Crippen LogP contribution >= 0.6 is 0 Å². The summed E-state index contributed by atoms with van der Waals surface area (Å²) in [7, 11) is 10.3. The Morgan fingerprint density at radius 3 is 2.39 bits per heavy atom. The Bertz CT molecular complexity index is 1050. The zero-order valence-electron chi connectivity index (χ0n) is 22.2. The molecule has 0 saturated heterocycles. The highest BCUT2D eigenvalue weighted by Gasteiger charge is 2.11. The minimum Gasteiger partial charge on any atom is -0.392 e. The monoisotopic (exact) mass is 448 g/mol. The third-order valence-electron chi connectivity index (χ3n) is 5.33. The van der Waals surface area contributed by atoms with E-state index in [0.29, 0.717) is 0 Å². The number of hydrogen-bond donors (Lipinski definition) is 1. The molecule has 1 aromatic rings. The fourth-order valence-corrected chi connectivity index (χ4v) is 3.46. The van der Waals surface area contributed by atoms with Gasteiger partial charge >= 0.3 is 0 Å². The Morgan fingerprint density at radius 2 is 1.85 bits per heavy atom. The second kappa shape index (κ2) is 14.1. The van der Waals surface area contributed by atoms with Gasteiger partial charge in [-0.25, -0.2) is 0 Å². The summed E-state index contributed by atoms with van der Waals surface area (Å²) >= 11 is 0. The van der Waals surface area contributed by atoms with Crippen LogP contribution in [0.2, 0.25) is 0 Å². The van der Waals surface area contributed by atoms with E-state index in [4.69, 9.17) is 0 Å². The predicted octanol–water partition coefficient (Wildman–Crippen LogP) is 4.94. The van der Waals surface area contributed by atoms with Crippen molar-refractivity contribution in [2.45, 2.75) is 40.5 Å². The minimum atomic E-state index is 0.833. The lowest BCUT2D eigenvalue weighted by molar-refractivity contribution is 0.534. The van der Waals surface area contributed by atoms with Crippen molar-refractivity contribution in [1.29, 1.82) is 0 Å². The molecule has 0 aliphatic heterocycles. The largest absolute Gasteiger partial charge is 0.392 e. The third kappa shape index (κ3) is 7.74. The summed E-state index contributed by atoms with van der Waals surface area (Å²) in [4.78, 5) is 4.30. The number of fused-ring (bicyclic) bond motifs is 1. The molecule has 0 fully saturated rings. The molecule has 180 valence electrons. The van der Waals surface area contributed by atoms with Gasteiger partial charge in [0.15, 0.2) is 0 Å². The summed E-state index contributed by atoms with van der Waals surface area (Å²) < 4.78 is 2.32. The Labute approximate surface area is 202 Å². The van der Waals surface area contributed by atoms with E-state index in [9.17, 15) is 0 Å². The number of aromatic nitrogens is 1. The van der Waals surface area contributed by atoms with E-state index in [1.807, 2.05) is 33.9 Å². The molecule has 0 unspecified atom stereocenters. The fraction of sp³-hybridized carbons (Fsp3) is 0.379. The van der Waals surface area contributed by atoms with Crippen LogP contribution in [0.3, 0.4) is 0 Å². The van der Waals surface area contributed by atoms with Gasteiger partial charge in [-0.05, 0) is 62.3 Å². The summed E-state index contributed by atoms with van der Waals surface area (Å²) in [5.41, 5.74) is 5.73. The van der Waals surface area contributed by atoms with Crippen LogP contribution in [0.15, 0.2) is 66.2 Å². The number of likely N-dealkylation sites (N-methyl/N-ethyl adjacent to an activating group) is 1. The van der Waals surface area contributed by atoms with Gasteiger partial charge in [-0.3, -0.25) is 0 Å². The molecule has 0 saturated carbocycles. The molecule has 0 bridgehead atoms. The third-order valence-corrected chi connectivity index (χ3v) is 5.33. The van der Waals surface area contributed by atoms with Gasteiger partial charge in [0.25, 0.3) is 0 Å². The Kier molecular flexibility index (Phi) is 11.9.